The lowest BCUT2D eigenvalue weighted by Gasteiger charge is -2.42. The number of nitrogens with one attached hydrogen (secondary N) is 1. The number of nitrogens with zero attached hydrogens (tertiary/aromatic N) is 2. The van der Waals surface area contributed by atoms with Gasteiger partial charge < -0.3 is 10.2 Å². The van der Waals surface area contributed by atoms with Crippen molar-refractivity contribution in [3.05, 3.63) is 0 Å². The van der Waals surface area contributed by atoms with Crippen LogP contribution in [-0.4, -0.2) is 62.2 Å². The van der Waals surface area contributed by atoms with E-state index in [0.29, 0.717) is 6.04 Å². The second-order valence-corrected chi connectivity index (χ2v) is 6.60. The van der Waals surface area contributed by atoms with Gasteiger partial charge in [-0.15, -0.1) is 0 Å². The molecule has 2 fully saturated rings. The molecule has 2 rings (SSSR count). The van der Waals surface area contributed by atoms with Crippen molar-refractivity contribution >= 4 is 0 Å². The number of hydrogen-bond donors (Lipinski definition) is 1. The van der Waals surface area contributed by atoms with Crippen LogP contribution in [0.15, 0.2) is 0 Å². The van der Waals surface area contributed by atoms with Gasteiger partial charge in [-0.3, -0.25) is 4.90 Å². The minimum atomic E-state index is 0.709. The van der Waals surface area contributed by atoms with Crippen LogP contribution in [0.1, 0.15) is 45.4 Å². The molecule has 1 saturated heterocycles. The fourth-order valence-electron chi connectivity index (χ4n) is 3.91. The molecule has 19 heavy (non-hydrogen) atoms. The molecule has 2 unspecified atom stereocenters. The summed E-state index contributed by atoms with van der Waals surface area (Å²) in [6.45, 7) is 7.32. The predicted octanol–water partition coefficient (Wildman–Crippen LogP) is 2.18. The topological polar surface area (TPSA) is 18.5 Å². The van der Waals surface area contributed by atoms with Gasteiger partial charge in [0, 0.05) is 38.3 Å². The van der Waals surface area contributed by atoms with E-state index in [4.69, 9.17) is 0 Å². The number of hydrogen-bond acceptors (Lipinski definition) is 3. The summed E-state index contributed by atoms with van der Waals surface area (Å²) in [5.41, 5.74) is 0. The van der Waals surface area contributed by atoms with Crippen molar-refractivity contribution in [2.45, 2.75) is 57.5 Å². The summed E-state index contributed by atoms with van der Waals surface area (Å²) in [6, 6.07) is 1.47. The molecule has 1 aliphatic carbocycles. The van der Waals surface area contributed by atoms with E-state index in [1.165, 1.54) is 64.7 Å². The normalized spacial score (nSPS) is 29.5. The molecule has 0 aromatic rings. The van der Waals surface area contributed by atoms with Gasteiger partial charge in [-0.25, -0.2) is 0 Å². The van der Waals surface area contributed by atoms with Crippen LogP contribution in [0.25, 0.3) is 0 Å². The lowest BCUT2D eigenvalue weighted by atomic mass is 9.83. The molecule has 3 nitrogen and oxygen atoms in total. The van der Waals surface area contributed by atoms with Crippen LogP contribution in [-0.2, 0) is 0 Å². The Bertz CT molecular complexity index is 250. The van der Waals surface area contributed by atoms with Crippen molar-refractivity contribution in [1.29, 1.82) is 0 Å². The highest BCUT2D eigenvalue weighted by molar-refractivity contribution is 4.85. The van der Waals surface area contributed by atoms with E-state index in [1.807, 2.05) is 0 Å². The van der Waals surface area contributed by atoms with E-state index in [2.05, 4.69) is 36.1 Å². The second-order valence-electron chi connectivity index (χ2n) is 6.60. The smallest absolute Gasteiger partial charge is 0.0220 e. The molecule has 2 atom stereocenters. The Morgan fingerprint density at radius 1 is 1.16 bits per heavy atom. The van der Waals surface area contributed by atoms with Crippen molar-refractivity contribution < 1.29 is 0 Å². The highest BCUT2D eigenvalue weighted by Gasteiger charge is 2.28. The van der Waals surface area contributed by atoms with Gasteiger partial charge in [-0.2, -0.15) is 0 Å². The second kappa shape index (κ2) is 7.61. The summed E-state index contributed by atoms with van der Waals surface area (Å²) in [5, 5.41) is 3.61. The van der Waals surface area contributed by atoms with E-state index >= 15 is 0 Å². The van der Waals surface area contributed by atoms with E-state index in [0.717, 1.165) is 12.0 Å². The van der Waals surface area contributed by atoms with Crippen molar-refractivity contribution in [3.63, 3.8) is 0 Å². The molecule has 1 heterocycles. The molecular weight excluding hydrogens is 234 g/mol. The zero-order chi connectivity index (χ0) is 13.7. The SMILES string of the molecule is CCC1CN(CC(NC)C2CCCCC2)CCN1C. The first-order valence-corrected chi connectivity index (χ1v) is 8.34. The molecule has 0 aromatic carbocycles. The van der Waals surface area contributed by atoms with Gasteiger partial charge in [0.05, 0.1) is 0 Å². The molecule has 112 valence electrons. The Hall–Kier alpha value is -0.120. The maximum Gasteiger partial charge on any atom is 0.0220 e. The molecule has 0 bridgehead atoms. The standard InChI is InChI=1S/C16H33N3/c1-4-15-12-19(11-10-18(15)3)13-16(17-2)14-8-6-5-7-9-14/h14-17H,4-13H2,1-3H3. The Kier molecular flexibility index (Phi) is 6.11. The van der Waals surface area contributed by atoms with Crippen LogP contribution in [0.5, 0.6) is 0 Å². The van der Waals surface area contributed by atoms with Crippen molar-refractivity contribution in [2.24, 2.45) is 5.92 Å². The van der Waals surface area contributed by atoms with Gasteiger partial charge in [-0.1, -0.05) is 26.2 Å². The fourth-order valence-corrected chi connectivity index (χ4v) is 3.91. The fraction of sp³-hybridized carbons (Fsp3) is 1.00. The molecular formula is C16H33N3. The van der Waals surface area contributed by atoms with Gasteiger partial charge in [0.1, 0.15) is 0 Å². The number of piperazine rings is 1. The summed E-state index contributed by atoms with van der Waals surface area (Å²) in [7, 11) is 4.44. The molecule has 3 heteroatoms. The summed E-state index contributed by atoms with van der Waals surface area (Å²) >= 11 is 0. The van der Waals surface area contributed by atoms with Crippen LogP contribution in [0.3, 0.4) is 0 Å². The van der Waals surface area contributed by atoms with E-state index in [-0.39, 0.29) is 0 Å². The molecule has 1 N–H and O–H groups in total. The summed E-state index contributed by atoms with van der Waals surface area (Å²) in [4.78, 5) is 5.23. The summed E-state index contributed by atoms with van der Waals surface area (Å²) in [6.07, 6.45) is 8.51. The quantitative estimate of drug-likeness (QED) is 0.824. The third-order valence-corrected chi connectivity index (χ3v) is 5.38. The van der Waals surface area contributed by atoms with E-state index in [1.54, 1.807) is 0 Å². The van der Waals surface area contributed by atoms with Gasteiger partial charge in [-0.05, 0) is 39.3 Å². The molecule has 0 amide bonds. The molecule has 0 radical (unpaired) electrons. The Morgan fingerprint density at radius 3 is 2.53 bits per heavy atom. The Balaban J connectivity index is 1.83. The van der Waals surface area contributed by atoms with E-state index < -0.39 is 0 Å². The third-order valence-electron chi connectivity index (χ3n) is 5.38. The minimum absolute atomic E-state index is 0.709. The lowest BCUT2D eigenvalue weighted by Crippen LogP contribution is -2.55. The number of rotatable bonds is 5. The zero-order valence-electron chi connectivity index (χ0n) is 13.2. The van der Waals surface area contributed by atoms with E-state index in [9.17, 15) is 0 Å². The first-order valence-electron chi connectivity index (χ1n) is 8.34. The van der Waals surface area contributed by atoms with Gasteiger partial charge in [0.25, 0.3) is 0 Å². The first-order chi connectivity index (χ1) is 9.24. The minimum Gasteiger partial charge on any atom is -0.315 e. The van der Waals surface area contributed by atoms with Crippen molar-refractivity contribution in [1.82, 2.24) is 15.1 Å². The van der Waals surface area contributed by atoms with Gasteiger partial charge in [0.2, 0.25) is 0 Å². The largest absolute Gasteiger partial charge is 0.315 e. The summed E-state index contributed by atoms with van der Waals surface area (Å²) in [5.74, 6) is 0.915. The average molecular weight is 267 g/mol. The van der Waals surface area contributed by atoms with Crippen LogP contribution in [0.4, 0.5) is 0 Å². The van der Waals surface area contributed by atoms with Crippen LogP contribution >= 0.6 is 0 Å². The van der Waals surface area contributed by atoms with Crippen LogP contribution in [0.2, 0.25) is 0 Å². The molecule has 1 aliphatic heterocycles. The first kappa shape index (κ1) is 15.3. The monoisotopic (exact) mass is 267 g/mol. The lowest BCUT2D eigenvalue weighted by molar-refractivity contribution is 0.0771. The predicted molar refractivity (Wildman–Crippen MR) is 82.6 cm³/mol. The highest BCUT2D eigenvalue weighted by Crippen LogP contribution is 2.27. The van der Waals surface area contributed by atoms with Crippen LogP contribution < -0.4 is 5.32 Å². The highest BCUT2D eigenvalue weighted by atomic mass is 15.3. The van der Waals surface area contributed by atoms with Gasteiger partial charge in [0.15, 0.2) is 0 Å². The molecule has 1 saturated carbocycles. The molecule has 2 aliphatic rings. The zero-order valence-corrected chi connectivity index (χ0v) is 13.2. The maximum absolute atomic E-state index is 3.61. The summed E-state index contributed by atoms with van der Waals surface area (Å²) < 4.78 is 0. The van der Waals surface area contributed by atoms with Crippen molar-refractivity contribution in [3.8, 4) is 0 Å². The molecule has 0 aromatic heterocycles. The number of likely N-dealkylation sites (N-methyl/N-ethyl adjacent to an activating group) is 2. The van der Waals surface area contributed by atoms with Crippen molar-refractivity contribution in [2.75, 3.05) is 40.3 Å². The maximum atomic E-state index is 3.61. The van der Waals surface area contributed by atoms with Gasteiger partial charge >= 0.3 is 0 Å². The average Bonchev–Trinajstić information content (AvgIpc) is 2.47. The Labute approximate surface area is 119 Å². The Morgan fingerprint density at radius 2 is 1.89 bits per heavy atom. The molecule has 0 spiro atoms. The van der Waals surface area contributed by atoms with Crippen LogP contribution in [0, 0.1) is 5.92 Å². The third kappa shape index (κ3) is 4.17.